The molecule has 7 nitrogen and oxygen atoms in total. The van der Waals surface area contributed by atoms with Gasteiger partial charge in [0, 0.05) is 35.2 Å². The number of nitrogens with one attached hydrogen (secondary N) is 3. The predicted octanol–water partition coefficient (Wildman–Crippen LogP) is 4.86. The largest absolute Gasteiger partial charge is 0.399 e. The number of nitrogen functional groups attached to an aromatic ring is 1. The van der Waals surface area contributed by atoms with Crippen LogP contribution in [0.2, 0.25) is 0 Å². The molecule has 0 spiro atoms. The molecular weight excluding hydrogens is 426 g/mol. The molecule has 2 amide bonds. The number of amides is 2. The molecule has 0 atom stereocenters. The first-order valence-corrected chi connectivity index (χ1v) is 10.9. The van der Waals surface area contributed by atoms with Crippen LogP contribution in [0.15, 0.2) is 60.7 Å². The number of aromatic amines is 1. The molecule has 0 aliphatic heterocycles. The summed E-state index contributed by atoms with van der Waals surface area (Å²) in [5.74, 6) is -0.0212. The molecule has 4 rings (SSSR count). The summed E-state index contributed by atoms with van der Waals surface area (Å²) in [5.41, 5.74) is 13.9. The molecule has 0 aliphatic rings. The summed E-state index contributed by atoms with van der Waals surface area (Å²) in [6, 6.07) is 18.7. The molecule has 0 unspecified atom stereocenters. The maximum atomic E-state index is 13.0. The number of carbonyl (C=O) groups is 2. The number of benzene rings is 3. The average Bonchev–Trinajstić information content (AvgIpc) is 3.22. The van der Waals surface area contributed by atoms with Crippen LogP contribution in [0.25, 0.3) is 22.5 Å². The van der Waals surface area contributed by atoms with Crippen molar-refractivity contribution in [2.45, 2.75) is 20.8 Å². The Morgan fingerprint density at radius 1 is 0.882 bits per heavy atom. The zero-order chi connectivity index (χ0) is 24.4. The quantitative estimate of drug-likeness (QED) is 0.323. The molecule has 172 valence electrons. The van der Waals surface area contributed by atoms with E-state index in [9.17, 15) is 9.59 Å². The van der Waals surface area contributed by atoms with Crippen LogP contribution >= 0.6 is 0 Å². The number of aryl methyl sites for hydroxylation is 2. The Balaban J connectivity index is 1.68. The summed E-state index contributed by atoms with van der Waals surface area (Å²) in [6.45, 7) is 5.89. The van der Waals surface area contributed by atoms with Gasteiger partial charge in [-0.3, -0.25) is 9.59 Å². The fourth-order valence-corrected chi connectivity index (χ4v) is 4.02. The molecule has 5 N–H and O–H groups in total. The maximum Gasteiger partial charge on any atom is 0.276 e. The van der Waals surface area contributed by atoms with E-state index in [1.54, 1.807) is 38.2 Å². The number of imidazole rings is 1. The fraction of sp³-hybridized carbons (Fsp3) is 0.148. The Morgan fingerprint density at radius 3 is 2.35 bits per heavy atom. The van der Waals surface area contributed by atoms with Crippen LogP contribution < -0.4 is 16.4 Å². The first-order valence-electron chi connectivity index (χ1n) is 10.9. The van der Waals surface area contributed by atoms with Crippen molar-refractivity contribution in [3.63, 3.8) is 0 Å². The lowest BCUT2D eigenvalue weighted by atomic mass is 9.92. The average molecular weight is 454 g/mol. The summed E-state index contributed by atoms with van der Waals surface area (Å²) in [7, 11) is 1.56. The van der Waals surface area contributed by atoms with Gasteiger partial charge in [-0.2, -0.15) is 0 Å². The van der Waals surface area contributed by atoms with Gasteiger partial charge in [0.25, 0.3) is 11.8 Å². The summed E-state index contributed by atoms with van der Waals surface area (Å²) in [6.07, 6.45) is 0. The lowest BCUT2D eigenvalue weighted by Crippen LogP contribution is -2.18. The van der Waals surface area contributed by atoms with E-state index in [1.807, 2.05) is 31.2 Å². The molecule has 4 aromatic rings. The molecule has 0 aliphatic carbocycles. The van der Waals surface area contributed by atoms with Crippen molar-refractivity contribution in [3.05, 3.63) is 88.7 Å². The molecule has 0 bridgehead atoms. The number of H-pyrrole nitrogens is 1. The molecule has 0 radical (unpaired) electrons. The third-order valence-corrected chi connectivity index (χ3v) is 5.83. The molecule has 3 aromatic carbocycles. The Kier molecular flexibility index (Phi) is 6.19. The predicted molar refractivity (Wildman–Crippen MR) is 136 cm³/mol. The van der Waals surface area contributed by atoms with Crippen molar-refractivity contribution in [3.8, 4) is 22.5 Å². The van der Waals surface area contributed by atoms with Gasteiger partial charge < -0.3 is 21.4 Å². The number of carbonyl (C=O) groups excluding carboxylic acids is 2. The summed E-state index contributed by atoms with van der Waals surface area (Å²) >= 11 is 0. The summed E-state index contributed by atoms with van der Waals surface area (Å²) < 4.78 is 0. The van der Waals surface area contributed by atoms with E-state index in [0.717, 1.165) is 27.8 Å². The first kappa shape index (κ1) is 22.8. The van der Waals surface area contributed by atoms with Crippen LogP contribution in [-0.4, -0.2) is 28.8 Å². The van der Waals surface area contributed by atoms with Crippen LogP contribution in [-0.2, 0) is 0 Å². The minimum atomic E-state index is -0.366. The Bertz CT molecular complexity index is 1400. The van der Waals surface area contributed by atoms with E-state index in [0.29, 0.717) is 28.5 Å². The van der Waals surface area contributed by atoms with E-state index >= 15 is 0 Å². The van der Waals surface area contributed by atoms with Gasteiger partial charge in [-0.05, 0) is 73.4 Å². The van der Waals surface area contributed by atoms with Crippen molar-refractivity contribution < 1.29 is 9.59 Å². The maximum absolute atomic E-state index is 13.0. The molecule has 0 fully saturated rings. The van der Waals surface area contributed by atoms with Crippen LogP contribution in [0.4, 0.5) is 11.4 Å². The van der Waals surface area contributed by atoms with E-state index in [1.165, 1.54) is 0 Å². The van der Waals surface area contributed by atoms with E-state index < -0.39 is 0 Å². The summed E-state index contributed by atoms with van der Waals surface area (Å²) in [4.78, 5) is 32.7. The topological polar surface area (TPSA) is 113 Å². The van der Waals surface area contributed by atoms with Crippen LogP contribution in [0.1, 0.15) is 37.7 Å². The number of hydrogen-bond acceptors (Lipinski definition) is 4. The van der Waals surface area contributed by atoms with Crippen LogP contribution in [0.5, 0.6) is 0 Å². The second-order valence-corrected chi connectivity index (χ2v) is 8.23. The number of anilines is 2. The zero-order valence-electron chi connectivity index (χ0n) is 19.6. The van der Waals surface area contributed by atoms with Crippen LogP contribution in [0.3, 0.4) is 0 Å². The monoisotopic (exact) mass is 453 g/mol. The number of hydrogen-bond donors (Lipinski definition) is 4. The highest BCUT2D eigenvalue weighted by Crippen LogP contribution is 2.35. The fourth-order valence-electron chi connectivity index (χ4n) is 4.02. The normalized spacial score (nSPS) is 10.7. The van der Waals surface area contributed by atoms with Crippen molar-refractivity contribution >= 4 is 23.2 Å². The highest BCUT2D eigenvalue weighted by Gasteiger charge is 2.19. The molecule has 0 saturated heterocycles. The highest BCUT2D eigenvalue weighted by molar-refractivity contribution is 6.05. The second-order valence-electron chi connectivity index (χ2n) is 8.23. The number of nitrogens with zero attached hydrogens (tertiary/aromatic N) is 1. The Morgan fingerprint density at radius 2 is 1.62 bits per heavy atom. The smallest absolute Gasteiger partial charge is 0.276 e. The molecule has 34 heavy (non-hydrogen) atoms. The van der Waals surface area contributed by atoms with Gasteiger partial charge in [-0.15, -0.1) is 0 Å². The zero-order valence-corrected chi connectivity index (χ0v) is 19.6. The molecular formula is C27H27N5O2. The Hall–Kier alpha value is -4.39. The SMILES string of the molecule is CNC(=O)c1cccc(NC(=O)c2nc(-c3cc(N)cc(-c4ccccc4C)c3C)[nH]c2C)c1. The third-order valence-electron chi connectivity index (χ3n) is 5.83. The molecule has 7 heteroatoms. The van der Waals surface area contributed by atoms with Gasteiger partial charge in [0.1, 0.15) is 11.5 Å². The summed E-state index contributed by atoms with van der Waals surface area (Å²) in [5, 5.41) is 5.40. The van der Waals surface area contributed by atoms with Gasteiger partial charge in [0.05, 0.1) is 0 Å². The standard InChI is InChI=1S/C27H27N5O2/c1-15-8-5-6-11-21(15)22-13-19(28)14-23(16(22)2)25-30-17(3)24(32-25)27(34)31-20-10-7-9-18(12-20)26(33)29-4/h5-14H,28H2,1-4H3,(H,29,33)(H,30,32)(H,31,34). The Labute approximate surface area is 198 Å². The third kappa shape index (κ3) is 4.41. The minimum absolute atomic E-state index is 0.226. The lowest BCUT2D eigenvalue weighted by molar-refractivity contribution is 0.0961. The van der Waals surface area contributed by atoms with Gasteiger partial charge in [-0.1, -0.05) is 30.3 Å². The van der Waals surface area contributed by atoms with Crippen molar-refractivity contribution in [1.29, 1.82) is 0 Å². The minimum Gasteiger partial charge on any atom is -0.399 e. The molecule has 1 aromatic heterocycles. The van der Waals surface area contributed by atoms with Gasteiger partial charge >= 0.3 is 0 Å². The van der Waals surface area contributed by atoms with E-state index in [-0.39, 0.29) is 17.5 Å². The highest BCUT2D eigenvalue weighted by atomic mass is 16.2. The second kappa shape index (κ2) is 9.23. The van der Waals surface area contributed by atoms with Gasteiger partial charge in [0.2, 0.25) is 0 Å². The number of rotatable bonds is 5. The van der Waals surface area contributed by atoms with Gasteiger partial charge in [0.15, 0.2) is 0 Å². The lowest BCUT2D eigenvalue weighted by Gasteiger charge is -2.14. The van der Waals surface area contributed by atoms with Crippen molar-refractivity contribution in [2.75, 3.05) is 18.1 Å². The van der Waals surface area contributed by atoms with Crippen molar-refractivity contribution in [1.82, 2.24) is 15.3 Å². The molecule has 0 saturated carbocycles. The number of nitrogens with two attached hydrogens (primary N) is 1. The first-order chi connectivity index (χ1) is 16.3. The van der Waals surface area contributed by atoms with E-state index in [4.69, 9.17) is 5.73 Å². The van der Waals surface area contributed by atoms with Crippen molar-refractivity contribution in [2.24, 2.45) is 0 Å². The van der Waals surface area contributed by atoms with E-state index in [2.05, 4.69) is 39.7 Å². The number of aromatic nitrogens is 2. The van der Waals surface area contributed by atoms with Gasteiger partial charge in [-0.25, -0.2) is 4.98 Å². The van der Waals surface area contributed by atoms with Crippen LogP contribution in [0, 0.1) is 20.8 Å². The molecule has 1 heterocycles.